The van der Waals surface area contributed by atoms with E-state index in [4.69, 9.17) is 4.52 Å². The Balaban J connectivity index is 2.26. The zero-order chi connectivity index (χ0) is 21.1. The molecule has 0 fully saturated rings. The minimum absolute atomic E-state index is 0.242. The number of hydrogen-bond acceptors (Lipinski definition) is 4. The minimum Gasteiger partial charge on any atom is -0.355 e. The van der Waals surface area contributed by atoms with Crippen molar-refractivity contribution in [1.82, 2.24) is 10.5 Å². The summed E-state index contributed by atoms with van der Waals surface area (Å²) in [7, 11) is 0. The Morgan fingerprint density at radius 3 is 2.41 bits per heavy atom. The van der Waals surface area contributed by atoms with E-state index in [2.05, 4.69) is 43.4 Å². The van der Waals surface area contributed by atoms with Gasteiger partial charge in [0.25, 0.3) is 5.91 Å². The molecule has 0 atom stereocenters. The van der Waals surface area contributed by atoms with Crippen molar-refractivity contribution in [3.63, 3.8) is 0 Å². The van der Waals surface area contributed by atoms with E-state index in [0.29, 0.717) is 29.3 Å². The van der Waals surface area contributed by atoms with Gasteiger partial charge in [0.15, 0.2) is 11.5 Å². The first-order valence-corrected chi connectivity index (χ1v) is 9.82. The third-order valence-electron chi connectivity index (χ3n) is 5.06. The van der Waals surface area contributed by atoms with Crippen molar-refractivity contribution in [1.29, 1.82) is 0 Å². The lowest BCUT2D eigenvalue weighted by atomic mass is 9.90. The standard InChI is InChI=1S/C24H26N2O3/c1-6-25-24(28)22-21(18-9-7-17(13-27)8-10-18)23(29-26-22)20-12-19(14(2)3)15(4)11-16(20)5/h7-14H,6H2,1-5H3,(H,25,28). The predicted molar refractivity (Wildman–Crippen MR) is 114 cm³/mol. The van der Waals surface area contributed by atoms with Crippen LogP contribution in [-0.4, -0.2) is 23.9 Å². The van der Waals surface area contributed by atoms with Crippen LogP contribution < -0.4 is 5.32 Å². The number of hydrogen-bond donors (Lipinski definition) is 1. The number of aryl methyl sites for hydroxylation is 2. The highest BCUT2D eigenvalue weighted by Crippen LogP contribution is 2.38. The van der Waals surface area contributed by atoms with Crippen LogP contribution in [0.15, 0.2) is 40.9 Å². The highest BCUT2D eigenvalue weighted by Gasteiger charge is 2.25. The molecule has 0 spiro atoms. The lowest BCUT2D eigenvalue weighted by Crippen LogP contribution is -2.23. The number of nitrogens with one attached hydrogen (secondary N) is 1. The molecule has 0 bridgehead atoms. The van der Waals surface area contributed by atoms with Gasteiger partial charge in [0.05, 0.1) is 5.56 Å². The monoisotopic (exact) mass is 390 g/mol. The Morgan fingerprint density at radius 1 is 1.14 bits per heavy atom. The molecule has 1 amide bonds. The summed E-state index contributed by atoms with van der Waals surface area (Å²) in [5.41, 5.74) is 6.64. The molecule has 150 valence electrons. The van der Waals surface area contributed by atoms with Crippen LogP contribution in [0.5, 0.6) is 0 Å². The molecule has 0 saturated heterocycles. The molecule has 1 aromatic heterocycles. The SMILES string of the molecule is CCNC(=O)c1noc(-c2cc(C(C)C)c(C)cc2C)c1-c1ccc(C=O)cc1. The highest BCUT2D eigenvalue weighted by molar-refractivity contribution is 6.02. The fraction of sp³-hybridized carbons (Fsp3) is 0.292. The van der Waals surface area contributed by atoms with Gasteiger partial charge in [-0.05, 0) is 55.0 Å². The number of aromatic nitrogens is 1. The van der Waals surface area contributed by atoms with Crippen LogP contribution in [-0.2, 0) is 0 Å². The van der Waals surface area contributed by atoms with E-state index in [1.165, 1.54) is 11.1 Å². The van der Waals surface area contributed by atoms with Crippen LogP contribution in [0.3, 0.4) is 0 Å². The first kappa shape index (κ1) is 20.5. The van der Waals surface area contributed by atoms with Gasteiger partial charge in [-0.3, -0.25) is 9.59 Å². The lowest BCUT2D eigenvalue weighted by Gasteiger charge is -2.14. The number of amides is 1. The molecule has 5 nitrogen and oxygen atoms in total. The van der Waals surface area contributed by atoms with Crippen molar-refractivity contribution in [3.8, 4) is 22.5 Å². The maximum atomic E-state index is 12.6. The number of carbonyl (C=O) groups is 2. The third-order valence-corrected chi connectivity index (χ3v) is 5.06. The molecule has 0 aliphatic rings. The average molecular weight is 390 g/mol. The van der Waals surface area contributed by atoms with E-state index in [1.807, 2.05) is 26.0 Å². The molecule has 2 aromatic carbocycles. The quantitative estimate of drug-likeness (QED) is 0.579. The summed E-state index contributed by atoms with van der Waals surface area (Å²) in [5.74, 6) is 0.630. The fourth-order valence-corrected chi connectivity index (χ4v) is 3.61. The molecule has 0 unspecified atom stereocenters. The topological polar surface area (TPSA) is 72.2 Å². The van der Waals surface area contributed by atoms with Crippen molar-refractivity contribution < 1.29 is 14.1 Å². The normalized spacial score (nSPS) is 11.0. The molecule has 0 aliphatic carbocycles. The van der Waals surface area contributed by atoms with Gasteiger partial charge >= 0.3 is 0 Å². The molecule has 0 aliphatic heterocycles. The highest BCUT2D eigenvalue weighted by atomic mass is 16.5. The molecule has 29 heavy (non-hydrogen) atoms. The second kappa shape index (κ2) is 8.43. The maximum Gasteiger partial charge on any atom is 0.274 e. The van der Waals surface area contributed by atoms with E-state index in [9.17, 15) is 9.59 Å². The number of benzene rings is 2. The number of carbonyl (C=O) groups excluding carboxylic acids is 2. The summed E-state index contributed by atoms with van der Waals surface area (Å²) in [4.78, 5) is 23.7. The number of aldehydes is 1. The number of rotatable bonds is 6. The molecule has 1 N–H and O–H groups in total. The van der Waals surface area contributed by atoms with Crippen molar-refractivity contribution in [3.05, 3.63) is 64.3 Å². The first-order chi connectivity index (χ1) is 13.9. The summed E-state index contributed by atoms with van der Waals surface area (Å²) in [6.07, 6.45) is 0.794. The van der Waals surface area contributed by atoms with Crippen LogP contribution >= 0.6 is 0 Å². The van der Waals surface area contributed by atoms with Gasteiger partial charge in [0.1, 0.15) is 6.29 Å². The zero-order valence-corrected chi connectivity index (χ0v) is 17.5. The summed E-state index contributed by atoms with van der Waals surface area (Å²) >= 11 is 0. The molecule has 3 rings (SSSR count). The van der Waals surface area contributed by atoms with E-state index >= 15 is 0 Å². The second-order valence-electron chi connectivity index (χ2n) is 7.51. The van der Waals surface area contributed by atoms with Gasteiger partial charge in [0, 0.05) is 17.7 Å². The molecule has 0 radical (unpaired) electrons. The van der Waals surface area contributed by atoms with Crippen molar-refractivity contribution in [2.75, 3.05) is 6.54 Å². The van der Waals surface area contributed by atoms with E-state index in [1.54, 1.807) is 12.1 Å². The van der Waals surface area contributed by atoms with Crippen molar-refractivity contribution in [2.45, 2.75) is 40.5 Å². The summed E-state index contributed by atoms with van der Waals surface area (Å²) in [5, 5.41) is 6.91. The first-order valence-electron chi connectivity index (χ1n) is 9.82. The van der Waals surface area contributed by atoms with Gasteiger partial charge in [0.2, 0.25) is 0 Å². The van der Waals surface area contributed by atoms with Gasteiger partial charge in [-0.25, -0.2) is 0 Å². The molecule has 3 aromatic rings. The van der Waals surface area contributed by atoms with E-state index < -0.39 is 0 Å². The lowest BCUT2D eigenvalue weighted by molar-refractivity contribution is 0.0947. The number of nitrogens with zero attached hydrogens (tertiary/aromatic N) is 1. The average Bonchev–Trinajstić information content (AvgIpc) is 3.13. The maximum absolute atomic E-state index is 12.6. The second-order valence-corrected chi connectivity index (χ2v) is 7.51. The molecular formula is C24H26N2O3. The minimum atomic E-state index is -0.286. The van der Waals surface area contributed by atoms with E-state index in [-0.39, 0.29) is 11.6 Å². The summed E-state index contributed by atoms with van der Waals surface area (Å²) in [6, 6.07) is 11.3. The van der Waals surface area contributed by atoms with Crippen LogP contribution in [0, 0.1) is 13.8 Å². The van der Waals surface area contributed by atoms with Crippen LogP contribution in [0.4, 0.5) is 0 Å². The zero-order valence-electron chi connectivity index (χ0n) is 17.5. The fourth-order valence-electron chi connectivity index (χ4n) is 3.61. The third kappa shape index (κ3) is 3.99. The molecule has 5 heteroatoms. The smallest absolute Gasteiger partial charge is 0.274 e. The predicted octanol–water partition coefficient (Wildman–Crippen LogP) is 5.31. The van der Waals surface area contributed by atoms with Crippen LogP contribution in [0.25, 0.3) is 22.5 Å². The Labute approximate surface area is 171 Å². The molecular weight excluding hydrogens is 364 g/mol. The molecule has 1 heterocycles. The largest absolute Gasteiger partial charge is 0.355 e. The Bertz CT molecular complexity index is 1050. The molecule has 0 saturated carbocycles. The van der Waals surface area contributed by atoms with Gasteiger partial charge in [-0.1, -0.05) is 49.3 Å². The van der Waals surface area contributed by atoms with Gasteiger partial charge in [-0.2, -0.15) is 0 Å². The van der Waals surface area contributed by atoms with Crippen LogP contribution in [0.1, 0.15) is 64.2 Å². The van der Waals surface area contributed by atoms with Crippen molar-refractivity contribution in [2.24, 2.45) is 0 Å². The van der Waals surface area contributed by atoms with Gasteiger partial charge < -0.3 is 9.84 Å². The van der Waals surface area contributed by atoms with Crippen molar-refractivity contribution >= 4 is 12.2 Å². The van der Waals surface area contributed by atoms with Gasteiger partial charge in [-0.15, -0.1) is 0 Å². The Morgan fingerprint density at radius 2 is 1.83 bits per heavy atom. The Kier molecular flexibility index (Phi) is 5.97. The summed E-state index contributed by atoms with van der Waals surface area (Å²) < 4.78 is 5.74. The van der Waals surface area contributed by atoms with E-state index in [0.717, 1.165) is 23.0 Å². The van der Waals surface area contributed by atoms with Crippen LogP contribution in [0.2, 0.25) is 0 Å². The summed E-state index contributed by atoms with van der Waals surface area (Å²) in [6.45, 7) is 10.8. The Hall–Kier alpha value is -3.21.